The first kappa shape index (κ1) is 24.3. The molecule has 2 aromatic rings. The van der Waals surface area contributed by atoms with E-state index in [0.29, 0.717) is 39.1 Å². The number of hydrogen-bond donors (Lipinski definition) is 2. The van der Waals surface area contributed by atoms with Crippen LogP contribution in [0.25, 0.3) is 0 Å². The molecule has 0 spiro atoms. The van der Waals surface area contributed by atoms with Gasteiger partial charge in [-0.25, -0.2) is 0 Å². The minimum Gasteiger partial charge on any atom is -0.393 e. The molecule has 0 heterocycles. The number of aliphatic hydroxyl groups is 1. The predicted octanol–water partition coefficient (Wildman–Crippen LogP) is 3.46. The van der Waals surface area contributed by atoms with E-state index in [4.69, 9.17) is 14.0 Å². The van der Waals surface area contributed by atoms with E-state index in [1.54, 1.807) is 0 Å². The van der Waals surface area contributed by atoms with E-state index in [-0.39, 0.29) is 6.10 Å². The Balaban J connectivity index is 0.000000696. The van der Waals surface area contributed by atoms with E-state index >= 15 is 0 Å². The fraction of sp³-hybridized carbons (Fsp3) is 0.429. The molecule has 0 saturated carbocycles. The lowest BCUT2D eigenvalue weighted by molar-refractivity contribution is 0.0595. The highest BCUT2D eigenvalue weighted by atomic mass is 32.2. The summed E-state index contributed by atoms with van der Waals surface area (Å²) in [6, 6.07) is 20.2. The summed E-state index contributed by atoms with van der Waals surface area (Å²) >= 11 is 0. The topological polar surface area (TPSA) is 93.1 Å². The molecule has 0 aliphatic rings. The standard InChI is InChI=1S/C20H26O3.CH4O3S/c21-20(13-15-23-17-19-10-5-2-6-11-19)12-7-14-22-16-18-8-3-1-4-9-18;1-5(2,3)4/h1-6,8-11,20-21H,7,12-17H2;1H3,(H,2,3,4). The third-order valence-electron chi connectivity index (χ3n) is 3.64. The van der Waals surface area contributed by atoms with Gasteiger partial charge in [-0.2, -0.15) is 8.42 Å². The molecule has 0 aromatic heterocycles. The van der Waals surface area contributed by atoms with Gasteiger partial charge in [0, 0.05) is 13.2 Å². The van der Waals surface area contributed by atoms with Crippen LogP contribution < -0.4 is 0 Å². The Morgan fingerprint density at radius 2 is 1.25 bits per heavy atom. The third-order valence-corrected chi connectivity index (χ3v) is 3.64. The third kappa shape index (κ3) is 15.3. The Kier molecular flexibility index (Phi) is 12.4. The molecule has 2 rings (SSSR count). The maximum Gasteiger partial charge on any atom is 0.261 e. The van der Waals surface area contributed by atoms with Crippen LogP contribution in [0.4, 0.5) is 0 Å². The van der Waals surface area contributed by atoms with Crippen molar-refractivity contribution in [3.8, 4) is 0 Å². The van der Waals surface area contributed by atoms with Crippen LogP contribution in [0, 0.1) is 0 Å². The molecule has 2 N–H and O–H groups in total. The molecule has 2 aromatic carbocycles. The van der Waals surface area contributed by atoms with Crippen LogP contribution in [-0.4, -0.2) is 43.7 Å². The normalized spacial score (nSPS) is 12.1. The van der Waals surface area contributed by atoms with Gasteiger partial charge in [-0.3, -0.25) is 4.55 Å². The van der Waals surface area contributed by atoms with Crippen molar-refractivity contribution in [2.45, 2.75) is 38.6 Å². The molecule has 6 nitrogen and oxygen atoms in total. The van der Waals surface area contributed by atoms with Crippen molar-refractivity contribution in [2.24, 2.45) is 0 Å². The highest BCUT2D eigenvalue weighted by Gasteiger charge is 2.04. The molecule has 0 saturated heterocycles. The van der Waals surface area contributed by atoms with Gasteiger partial charge in [0.15, 0.2) is 0 Å². The van der Waals surface area contributed by atoms with Crippen molar-refractivity contribution in [3.05, 3.63) is 71.8 Å². The lowest BCUT2D eigenvalue weighted by Crippen LogP contribution is -2.11. The SMILES string of the molecule is CS(=O)(=O)O.OC(CCCOCc1ccccc1)CCOCc1ccccc1. The van der Waals surface area contributed by atoms with Gasteiger partial charge in [-0.1, -0.05) is 60.7 Å². The first-order valence-electron chi connectivity index (χ1n) is 9.18. The molecule has 0 aliphatic heterocycles. The highest BCUT2D eigenvalue weighted by Crippen LogP contribution is 2.06. The summed E-state index contributed by atoms with van der Waals surface area (Å²) in [7, 11) is -3.67. The zero-order valence-corrected chi connectivity index (χ0v) is 17.1. The Morgan fingerprint density at radius 1 is 0.821 bits per heavy atom. The van der Waals surface area contributed by atoms with Gasteiger partial charge in [0.2, 0.25) is 0 Å². The van der Waals surface area contributed by atoms with Crippen molar-refractivity contribution in [1.29, 1.82) is 0 Å². The first-order valence-corrected chi connectivity index (χ1v) is 11.0. The smallest absolute Gasteiger partial charge is 0.261 e. The maximum atomic E-state index is 9.93. The molecule has 1 atom stereocenters. The van der Waals surface area contributed by atoms with Crippen LogP contribution in [0.1, 0.15) is 30.4 Å². The summed E-state index contributed by atoms with van der Waals surface area (Å²) in [6.45, 7) is 2.50. The maximum absolute atomic E-state index is 9.93. The van der Waals surface area contributed by atoms with Crippen LogP contribution in [0.3, 0.4) is 0 Å². The predicted molar refractivity (Wildman–Crippen MR) is 110 cm³/mol. The van der Waals surface area contributed by atoms with Crippen LogP contribution in [0.5, 0.6) is 0 Å². The van der Waals surface area contributed by atoms with Gasteiger partial charge in [0.1, 0.15) is 0 Å². The minimum atomic E-state index is -3.67. The van der Waals surface area contributed by atoms with Gasteiger partial charge >= 0.3 is 0 Å². The quantitative estimate of drug-likeness (QED) is 0.435. The summed E-state index contributed by atoms with van der Waals surface area (Å²) < 4.78 is 37.1. The van der Waals surface area contributed by atoms with Crippen molar-refractivity contribution < 1.29 is 27.6 Å². The molecule has 1 unspecified atom stereocenters. The second kappa shape index (κ2) is 14.3. The summed E-state index contributed by atoms with van der Waals surface area (Å²) in [4.78, 5) is 0. The van der Waals surface area contributed by atoms with E-state index < -0.39 is 10.1 Å². The second-order valence-electron chi connectivity index (χ2n) is 6.39. The Hall–Kier alpha value is -1.77. The zero-order chi connectivity index (χ0) is 20.7. The summed E-state index contributed by atoms with van der Waals surface area (Å²) in [6.07, 6.45) is 2.69. The number of rotatable bonds is 11. The molecule has 0 radical (unpaired) electrons. The van der Waals surface area contributed by atoms with Crippen molar-refractivity contribution in [2.75, 3.05) is 19.5 Å². The van der Waals surface area contributed by atoms with Crippen molar-refractivity contribution in [1.82, 2.24) is 0 Å². The van der Waals surface area contributed by atoms with Gasteiger partial charge < -0.3 is 14.6 Å². The Bertz CT molecular complexity index is 711. The fourth-order valence-corrected chi connectivity index (χ4v) is 2.31. The number of ether oxygens (including phenoxy) is 2. The van der Waals surface area contributed by atoms with Gasteiger partial charge in [0.05, 0.1) is 25.6 Å². The van der Waals surface area contributed by atoms with E-state index in [1.165, 1.54) is 5.56 Å². The molecular formula is C21H30O6S. The summed E-state index contributed by atoms with van der Waals surface area (Å²) in [5, 5.41) is 9.93. The Labute approximate surface area is 167 Å². The van der Waals surface area contributed by atoms with Crippen molar-refractivity contribution in [3.63, 3.8) is 0 Å². The molecule has 7 heteroatoms. The number of hydrogen-bond acceptors (Lipinski definition) is 5. The fourth-order valence-electron chi connectivity index (χ4n) is 2.31. The lowest BCUT2D eigenvalue weighted by atomic mass is 10.1. The van der Waals surface area contributed by atoms with E-state index in [1.807, 2.05) is 48.5 Å². The van der Waals surface area contributed by atoms with Gasteiger partial charge in [0.25, 0.3) is 10.1 Å². The average molecular weight is 411 g/mol. The van der Waals surface area contributed by atoms with Crippen LogP contribution in [0.15, 0.2) is 60.7 Å². The van der Waals surface area contributed by atoms with E-state index in [9.17, 15) is 13.5 Å². The molecule has 0 fully saturated rings. The highest BCUT2D eigenvalue weighted by molar-refractivity contribution is 7.85. The monoisotopic (exact) mass is 410 g/mol. The number of benzene rings is 2. The lowest BCUT2D eigenvalue weighted by Gasteiger charge is -2.11. The van der Waals surface area contributed by atoms with Gasteiger partial charge in [-0.15, -0.1) is 0 Å². The van der Waals surface area contributed by atoms with Crippen LogP contribution >= 0.6 is 0 Å². The average Bonchev–Trinajstić information content (AvgIpc) is 2.65. The molecule has 0 bridgehead atoms. The zero-order valence-electron chi connectivity index (χ0n) is 16.2. The molecule has 0 amide bonds. The van der Waals surface area contributed by atoms with E-state index in [0.717, 1.165) is 18.4 Å². The minimum absolute atomic E-state index is 0.314. The van der Waals surface area contributed by atoms with Crippen LogP contribution in [-0.2, 0) is 32.8 Å². The van der Waals surface area contributed by atoms with E-state index in [2.05, 4.69) is 12.1 Å². The molecule has 0 aliphatic carbocycles. The summed E-state index contributed by atoms with van der Waals surface area (Å²) in [5.74, 6) is 0. The van der Waals surface area contributed by atoms with Gasteiger partial charge in [-0.05, 0) is 30.4 Å². The largest absolute Gasteiger partial charge is 0.393 e. The van der Waals surface area contributed by atoms with Crippen molar-refractivity contribution >= 4 is 10.1 Å². The summed E-state index contributed by atoms with van der Waals surface area (Å²) in [5.41, 5.74) is 2.35. The molecule has 156 valence electrons. The number of aliphatic hydroxyl groups excluding tert-OH is 1. The molecule has 28 heavy (non-hydrogen) atoms. The Morgan fingerprint density at radius 3 is 1.71 bits per heavy atom. The van der Waals surface area contributed by atoms with Crippen LogP contribution in [0.2, 0.25) is 0 Å². The second-order valence-corrected chi connectivity index (χ2v) is 7.86. The first-order chi connectivity index (χ1) is 13.3. The molecular weight excluding hydrogens is 380 g/mol.